The second kappa shape index (κ2) is 7.37. The molecule has 3 nitrogen and oxygen atoms in total. The van der Waals surface area contributed by atoms with Crippen LogP contribution in [0.15, 0.2) is 96.0 Å². The van der Waals surface area contributed by atoms with E-state index in [1.54, 1.807) is 0 Å². The SMILES string of the molecule is C[C@@]1(CO)N=C(c2ccccc2)N(Cc2ccccc2)[C@H]1c1ccccc1. The standard InChI is InChI=1S/C24H24N2O/c1-24(18-27)22(20-13-7-3-8-14-20)26(17-19-11-5-2-6-12-19)23(25-24)21-15-9-4-10-16-21/h2-16,22,27H,17-18H2,1H3/t22-,24-/m0/s1. The van der Waals surface area contributed by atoms with Gasteiger partial charge in [-0.2, -0.15) is 0 Å². The predicted molar refractivity (Wildman–Crippen MR) is 110 cm³/mol. The van der Waals surface area contributed by atoms with E-state index in [2.05, 4.69) is 53.4 Å². The summed E-state index contributed by atoms with van der Waals surface area (Å²) in [6.07, 6.45) is 0. The first-order chi connectivity index (χ1) is 13.2. The van der Waals surface area contributed by atoms with E-state index in [0.717, 1.165) is 17.9 Å². The van der Waals surface area contributed by atoms with Crippen LogP contribution in [-0.2, 0) is 6.54 Å². The average molecular weight is 356 g/mol. The lowest BCUT2D eigenvalue weighted by atomic mass is 9.88. The van der Waals surface area contributed by atoms with Gasteiger partial charge in [-0.15, -0.1) is 0 Å². The molecule has 0 aliphatic carbocycles. The zero-order valence-electron chi connectivity index (χ0n) is 15.5. The van der Waals surface area contributed by atoms with Crippen LogP contribution in [0.4, 0.5) is 0 Å². The number of hydrogen-bond acceptors (Lipinski definition) is 3. The largest absolute Gasteiger partial charge is 0.394 e. The van der Waals surface area contributed by atoms with Crippen molar-refractivity contribution in [3.63, 3.8) is 0 Å². The van der Waals surface area contributed by atoms with Crippen molar-refractivity contribution in [1.29, 1.82) is 0 Å². The highest BCUT2D eigenvalue weighted by Crippen LogP contribution is 2.42. The lowest BCUT2D eigenvalue weighted by Crippen LogP contribution is -2.40. The van der Waals surface area contributed by atoms with Gasteiger partial charge in [0.25, 0.3) is 0 Å². The minimum Gasteiger partial charge on any atom is -0.394 e. The summed E-state index contributed by atoms with van der Waals surface area (Å²) in [7, 11) is 0. The summed E-state index contributed by atoms with van der Waals surface area (Å²) in [4.78, 5) is 7.37. The smallest absolute Gasteiger partial charge is 0.132 e. The first-order valence-corrected chi connectivity index (χ1v) is 9.33. The summed E-state index contributed by atoms with van der Waals surface area (Å²) in [5.74, 6) is 0.935. The van der Waals surface area contributed by atoms with Gasteiger partial charge in [0.15, 0.2) is 0 Å². The fourth-order valence-corrected chi connectivity index (χ4v) is 3.89. The molecule has 3 aromatic carbocycles. The summed E-state index contributed by atoms with van der Waals surface area (Å²) in [6, 6.07) is 31.0. The number of rotatable bonds is 5. The van der Waals surface area contributed by atoms with Crippen LogP contribution >= 0.6 is 0 Å². The van der Waals surface area contributed by atoms with Crippen LogP contribution in [0.3, 0.4) is 0 Å². The quantitative estimate of drug-likeness (QED) is 0.733. The molecule has 27 heavy (non-hydrogen) atoms. The molecule has 1 aliphatic rings. The first kappa shape index (κ1) is 17.5. The molecule has 0 bridgehead atoms. The molecule has 1 aliphatic heterocycles. The third kappa shape index (κ3) is 3.38. The highest BCUT2D eigenvalue weighted by molar-refractivity contribution is 6.00. The third-order valence-electron chi connectivity index (χ3n) is 5.20. The van der Waals surface area contributed by atoms with E-state index in [1.165, 1.54) is 11.1 Å². The Kier molecular flexibility index (Phi) is 4.78. The van der Waals surface area contributed by atoms with E-state index in [1.807, 2.05) is 49.4 Å². The fraction of sp³-hybridized carbons (Fsp3) is 0.208. The van der Waals surface area contributed by atoms with Crippen molar-refractivity contribution < 1.29 is 5.11 Å². The highest BCUT2D eigenvalue weighted by atomic mass is 16.3. The van der Waals surface area contributed by atoms with Crippen molar-refractivity contribution in [2.75, 3.05) is 6.61 Å². The molecule has 0 radical (unpaired) electrons. The first-order valence-electron chi connectivity index (χ1n) is 9.33. The summed E-state index contributed by atoms with van der Waals surface area (Å²) >= 11 is 0. The maximum absolute atomic E-state index is 10.3. The Morgan fingerprint density at radius 2 is 1.41 bits per heavy atom. The average Bonchev–Trinajstić information content (AvgIpc) is 3.03. The second-order valence-corrected chi connectivity index (χ2v) is 7.24. The maximum Gasteiger partial charge on any atom is 0.132 e. The van der Waals surface area contributed by atoms with Gasteiger partial charge in [-0.1, -0.05) is 91.0 Å². The van der Waals surface area contributed by atoms with E-state index in [4.69, 9.17) is 4.99 Å². The molecule has 136 valence electrons. The van der Waals surface area contributed by atoms with Gasteiger partial charge in [0.2, 0.25) is 0 Å². The monoisotopic (exact) mass is 356 g/mol. The van der Waals surface area contributed by atoms with Gasteiger partial charge in [0.1, 0.15) is 11.4 Å². The molecule has 0 fully saturated rings. The molecule has 0 saturated carbocycles. The van der Waals surface area contributed by atoms with Crippen LogP contribution in [-0.4, -0.2) is 28.0 Å². The Bertz CT molecular complexity index is 909. The molecule has 4 rings (SSSR count). The van der Waals surface area contributed by atoms with Crippen LogP contribution in [0.2, 0.25) is 0 Å². The molecule has 0 spiro atoms. The van der Waals surface area contributed by atoms with Gasteiger partial charge in [-0.05, 0) is 18.1 Å². The minimum absolute atomic E-state index is 0.00577. The van der Waals surface area contributed by atoms with Crippen LogP contribution in [0.5, 0.6) is 0 Å². The van der Waals surface area contributed by atoms with E-state index >= 15 is 0 Å². The summed E-state index contributed by atoms with van der Waals surface area (Å²) < 4.78 is 0. The third-order valence-corrected chi connectivity index (χ3v) is 5.20. The maximum atomic E-state index is 10.3. The van der Waals surface area contributed by atoms with Gasteiger partial charge in [-0.3, -0.25) is 4.99 Å². The number of hydrogen-bond donors (Lipinski definition) is 1. The Morgan fingerprint density at radius 1 is 0.852 bits per heavy atom. The van der Waals surface area contributed by atoms with Crippen molar-refractivity contribution in [3.8, 4) is 0 Å². The number of aliphatic hydroxyl groups excluding tert-OH is 1. The molecule has 0 saturated heterocycles. The van der Waals surface area contributed by atoms with Crippen molar-refractivity contribution in [2.24, 2.45) is 4.99 Å². The lowest BCUT2D eigenvalue weighted by Gasteiger charge is -2.35. The Balaban J connectivity index is 1.82. The molecule has 2 atom stereocenters. The number of aliphatic hydroxyl groups is 1. The van der Waals surface area contributed by atoms with E-state index in [9.17, 15) is 5.11 Å². The van der Waals surface area contributed by atoms with Gasteiger partial charge in [-0.25, -0.2) is 0 Å². The minimum atomic E-state index is -0.596. The Hall–Kier alpha value is -2.91. The number of amidine groups is 1. The van der Waals surface area contributed by atoms with Gasteiger partial charge in [0.05, 0.1) is 12.6 Å². The number of benzene rings is 3. The van der Waals surface area contributed by atoms with Crippen LogP contribution in [0, 0.1) is 0 Å². The fourth-order valence-electron chi connectivity index (χ4n) is 3.89. The van der Waals surface area contributed by atoms with E-state index < -0.39 is 5.54 Å². The Morgan fingerprint density at radius 3 is 2.00 bits per heavy atom. The summed E-state index contributed by atoms with van der Waals surface area (Å²) in [6.45, 7) is 2.77. The van der Waals surface area contributed by atoms with Crippen molar-refractivity contribution in [2.45, 2.75) is 25.0 Å². The van der Waals surface area contributed by atoms with Gasteiger partial charge < -0.3 is 10.0 Å². The molecule has 1 heterocycles. The second-order valence-electron chi connectivity index (χ2n) is 7.24. The molecule has 0 amide bonds. The van der Waals surface area contributed by atoms with Crippen LogP contribution in [0.1, 0.15) is 29.7 Å². The molecular weight excluding hydrogens is 332 g/mol. The highest BCUT2D eigenvalue weighted by Gasteiger charge is 2.46. The number of nitrogens with zero attached hydrogens (tertiary/aromatic N) is 2. The normalized spacial score (nSPS) is 21.9. The Labute approximate surface area is 160 Å². The molecule has 1 N–H and O–H groups in total. The molecular formula is C24H24N2O. The van der Waals surface area contributed by atoms with Crippen molar-refractivity contribution in [3.05, 3.63) is 108 Å². The molecule has 0 unspecified atom stereocenters. The van der Waals surface area contributed by atoms with Crippen LogP contribution < -0.4 is 0 Å². The van der Waals surface area contributed by atoms with E-state index in [-0.39, 0.29) is 12.6 Å². The predicted octanol–water partition coefficient (Wildman–Crippen LogP) is 4.44. The van der Waals surface area contributed by atoms with E-state index in [0.29, 0.717) is 0 Å². The zero-order chi connectivity index (χ0) is 18.7. The summed E-state index contributed by atoms with van der Waals surface area (Å²) in [5.41, 5.74) is 2.87. The molecule has 3 heteroatoms. The van der Waals surface area contributed by atoms with Gasteiger partial charge in [0, 0.05) is 12.1 Å². The van der Waals surface area contributed by atoms with Gasteiger partial charge >= 0.3 is 0 Å². The zero-order valence-corrected chi connectivity index (χ0v) is 15.5. The molecule has 3 aromatic rings. The molecule has 0 aromatic heterocycles. The lowest BCUT2D eigenvalue weighted by molar-refractivity contribution is 0.146. The summed E-state index contributed by atoms with van der Waals surface area (Å²) in [5, 5.41) is 10.3. The number of aliphatic imine (C=N–C) groups is 1. The topological polar surface area (TPSA) is 35.8 Å². The van der Waals surface area contributed by atoms with Crippen molar-refractivity contribution >= 4 is 5.84 Å². The van der Waals surface area contributed by atoms with Crippen LogP contribution in [0.25, 0.3) is 0 Å². The van der Waals surface area contributed by atoms with Crippen molar-refractivity contribution in [1.82, 2.24) is 4.90 Å².